The minimum atomic E-state index is 0.332. The highest BCUT2D eigenvalue weighted by Crippen LogP contribution is 2.14. The van der Waals surface area contributed by atoms with Crippen LogP contribution in [0.25, 0.3) is 0 Å². The van der Waals surface area contributed by atoms with Gasteiger partial charge in [0.2, 0.25) is 5.91 Å². The molecule has 1 saturated heterocycles. The molecule has 0 unspecified atom stereocenters. The molecule has 1 amide bonds. The summed E-state index contributed by atoms with van der Waals surface area (Å²) in [5, 5.41) is 0. The van der Waals surface area contributed by atoms with Crippen LogP contribution in [0.2, 0.25) is 0 Å². The van der Waals surface area contributed by atoms with Crippen LogP contribution in [0, 0.1) is 0 Å². The predicted molar refractivity (Wildman–Crippen MR) is 112 cm³/mol. The Hall–Kier alpha value is -0.570. The Balaban J connectivity index is 1.72. The summed E-state index contributed by atoms with van der Waals surface area (Å²) in [4.78, 5) is 14.0. The molecule has 1 heterocycles. The highest BCUT2D eigenvalue weighted by atomic mass is 16.5. The quantitative estimate of drug-likeness (QED) is 0.275. The Kier molecular flexibility index (Phi) is 16.1. The van der Waals surface area contributed by atoms with Gasteiger partial charge in [0.25, 0.3) is 0 Å². The van der Waals surface area contributed by atoms with Crippen molar-refractivity contribution >= 4 is 5.91 Å². The highest BCUT2D eigenvalue weighted by Gasteiger charge is 2.15. The van der Waals surface area contributed by atoms with Gasteiger partial charge in [0.15, 0.2) is 0 Å². The molecule has 1 rings (SSSR count). The number of nitrogens with zero attached hydrogens (tertiary/aromatic N) is 1. The van der Waals surface area contributed by atoms with Gasteiger partial charge in [-0.05, 0) is 6.42 Å². The van der Waals surface area contributed by atoms with Crippen molar-refractivity contribution in [1.29, 1.82) is 0 Å². The number of hydrogen-bond acceptors (Lipinski definition) is 2. The van der Waals surface area contributed by atoms with Crippen LogP contribution in [0.1, 0.15) is 116 Å². The van der Waals surface area contributed by atoms with E-state index < -0.39 is 0 Å². The number of ether oxygens (including phenoxy) is 1. The molecule has 0 atom stereocenters. The minimum Gasteiger partial charge on any atom is -0.378 e. The van der Waals surface area contributed by atoms with Crippen LogP contribution in [0.15, 0.2) is 0 Å². The fourth-order valence-electron chi connectivity index (χ4n) is 3.80. The van der Waals surface area contributed by atoms with E-state index in [2.05, 4.69) is 6.92 Å². The molecule has 1 aliphatic rings. The van der Waals surface area contributed by atoms with E-state index in [1.807, 2.05) is 4.90 Å². The first-order valence-electron chi connectivity index (χ1n) is 11.7. The van der Waals surface area contributed by atoms with Gasteiger partial charge in [-0.2, -0.15) is 0 Å². The lowest BCUT2D eigenvalue weighted by atomic mass is 10.0. The van der Waals surface area contributed by atoms with Crippen molar-refractivity contribution in [1.82, 2.24) is 4.90 Å². The van der Waals surface area contributed by atoms with E-state index in [0.717, 1.165) is 25.9 Å². The van der Waals surface area contributed by atoms with E-state index in [0.29, 0.717) is 19.1 Å². The molecule has 0 aliphatic carbocycles. The smallest absolute Gasteiger partial charge is 0.222 e. The van der Waals surface area contributed by atoms with Crippen LogP contribution in [-0.2, 0) is 9.53 Å². The zero-order valence-electron chi connectivity index (χ0n) is 17.6. The second-order valence-corrected chi connectivity index (χ2v) is 8.05. The van der Waals surface area contributed by atoms with Gasteiger partial charge in [-0.25, -0.2) is 0 Å². The van der Waals surface area contributed by atoms with Crippen molar-refractivity contribution in [3.05, 3.63) is 0 Å². The third-order valence-electron chi connectivity index (χ3n) is 5.61. The normalized spacial score (nSPS) is 14.7. The number of amides is 1. The maximum Gasteiger partial charge on any atom is 0.222 e. The van der Waals surface area contributed by atoms with Crippen LogP contribution in [0.5, 0.6) is 0 Å². The Morgan fingerprint density at radius 2 is 1.04 bits per heavy atom. The van der Waals surface area contributed by atoms with Gasteiger partial charge >= 0.3 is 0 Å². The zero-order valence-corrected chi connectivity index (χ0v) is 17.6. The Labute approximate surface area is 163 Å². The molecule has 0 aromatic rings. The molecular weight excluding hydrogens is 322 g/mol. The van der Waals surface area contributed by atoms with Crippen molar-refractivity contribution in [2.24, 2.45) is 0 Å². The van der Waals surface area contributed by atoms with E-state index in [-0.39, 0.29) is 0 Å². The SMILES string of the molecule is CCCCCCCCCCCCCCCCCCC(=O)N1CCOCC1. The summed E-state index contributed by atoms with van der Waals surface area (Å²) in [7, 11) is 0. The van der Waals surface area contributed by atoms with Crippen molar-refractivity contribution in [3.8, 4) is 0 Å². The van der Waals surface area contributed by atoms with E-state index in [4.69, 9.17) is 4.74 Å². The molecule has 1 aliphatic heterocycles. The third-order valence-corrected chi connectivity index (χ3v) is 5.61. The van der Waals surface area contributed by atoms with Crippen molar-refractivity contribution in [3.63, 3.8) is 0 Å². The lowest BCUT2D eigenvalue weighted by molar-refractivity contribution is -0.135. The second-order valence-electron chi connectivity index (χ2n) is 8.05. The van der Waals surface area contributed by atoms with Gasteiger partial charge in [-0.15, -0.1) is 0 Å². The third kappa shape index (κ3) is 13.6. The average Bonchev–Trinajstić information content (AvgIpc) is 2.68. The summed E-state index contributed by atoms with van der Waals surface area (Å²) in [5.74, 6) is 0.332. The van der Waals surface area contributed by atoms with Crippen molar-refractivity contribution < 1.29 is 9.53 Å². The van der Waals surface area contributed by atoms with E-state index >= 15 is 0 Å². The second kappa shape index (κ2) is 17.8. The van der Waals surface area contributed by atoms with Gasteiger partial charge in [-0.1, -0.05) is 103 Å². The van der Waals surface area contributed by atoms with Crippen LogP contribution >= 0.6 is 0 Å². The van der Waals surface area contributed by atoms with Gasteiger partial charge in [0, 0.05) is 19.5 Å². The van der Waals surface area contributed by atoms with Gasteiger partial charge in [-0.3, -0.25) is 4.79 Å². The fourth-order valence-corrected chi connectivity index (χ4v) is 3.80. The molecule has 0 aromatic carbocycles. The topological polar surface area (TPSA) is 29.5 Å². The first-order valence-corrected chi connectivity index (χ1v) is 11.7. The van der Waals surface area contributed by atoms with Crippen LogP contribution < -0.4 is 0 Å². The minimum absolute atomic E-state index is 0.332. The molecule has 0 aromatic heterocycles. The Morgan fingerprint density at radius 1 is 0.654 bits per heavy atom. The lowest BCUT2D eigenvalue weighted by Crippen LogP contribution is -2.40. The summed E-state index contributed by atoms with van der Waals surface area (Å²) in [5.41, 5.74) is 0. The predicted octanol–water partition coefficient (Wildman–Crippen LogP) is 6.50. The van der Waals surface area contributed by atoms with Gasteiger partial charge in [0.1, 0.15) is 0 Å². The first kappa shape index (κ1) is 23.5. The largest absolute Gasteiger partial charge is 0.378 e. The number of unbranched alkanes of at least 4 members (excludes halogenated alkanes) is 15. The monoisotopic (exact) mass is 367 g/mol. The Morgan fingerprint density at radius 3 is 1.46 bits per heavy atom. The van der Waals surface area contributed by atoms with E-state index in [1.165, 1.54) is 96.3 Å². The van der Waals surface area contributed by atoms with Gasteiger partial charge in [0.05, 0.1) is 13.2 Å². The summed E-state index contributed by atoms with van der Waals surface area (Å²) in [6, 6.07) is 0. The molecule has 0 saturated carbocycles. The maximum absolute atomic E-state index is 12.0. The number of carbonyl (C=O) groups is 1. The van der Waals surface area contributed by atoms with Gasteiger partial charge < -0.3 is 9.64 Å². The summed E-state index contributed by atoms with van der Waals surface area (Å²) in [6.07, 6.45) is 22.8. The number of rotatable bonds is 17. The number of hydrogen-bond donors (Lipinski definition) is 0. The standard InChI is InChI=1S/C23H45NO2/c1-2-3-4-5-6-7-8-9-10-11-12-13-14-15-16-17-18-23(25)24-19-21-26-22-20-24/h2-22H2,1H3. The molecule has 3 nitrogen and oxygen atoms in total. The maximum atomic E-state index is 12.0. The molecule has 0 bridgehead atoms. The molecule has 0 radical (unpaired) electrons. The number of morpholine rings is 1. The molecular formula is C23H45NO2. The first-order chi connectivity index (χ1) is 12.8. The lowest BCUT2D eigenvalue weighted by Gasteiger charge is -2.26. The molecule has 154 valence electrons. The molecule has 0 spiro atoms. The van der Waals surface area contributed by atoms with Crippen LogP contribution in [-0.4, -0.2) is 37.1 Å². The zero-order chi connectivity index (χ0) is 18.7. The van der Waals surface area contributed by atoms with E-state index in [9.17, 15) is 4.79 Å². The van der Waals surface area contributed by atoms with E-state index in [1.54, 1.807) is 0 Å². The van der Waals surface area contributed by atoms with Crippen molar-refractivity contribution in [2.45, 2.75) is 116 Å². The Bertz CT molecular complexity index is 313. The summed E-state index contributed by atoms with van der Waals surface area (Å²) >= 11 is 0. The summed E-state index contributed by atoms with van der Waals surface area (Å²) < 4.78 is 5.29. The summed E-state index contributed by atoms with van der Waals surface area (Å²) in [6.45, 7) is 5.29. The average molecular weight is 368 g/mol. The molecule has 1 fully saturated rings. The molecule has 3 heteroatoms. The van der Waals surface area contributed by atoms with Crippen LogP contribution in [0.4, 0.5) is 0 Å². The number of carbonyl (C=O) groups excluding carboxylic acids is 1. The molecule has 0 N–H and O–H groups in total. The molecule has 26 heavy (non-hydrogen) atoms. The fraction of sp³-hybridized carbons (Fsp3) is 0.957. The highest BCUT2D eigenvalue weighted by molar-refractivity contribution is 5.76. The van der Waals surface area contributed by atoms with Crippen molar-refractivity contribution in [2.75, 3.05) is 26.3 Å². The van der Waals surface area contributed by atoms with Crippen LogP contribution in [0.3, 0.4) is 0 Å².